The van der Waals surface area contributed by atoms with Gasteiger partial charge in [-0.15, -0.1) is 0 Å². The Hall–Kier alpha value is -2.01. The Balaban J connectivity index is 1.29. The van der Waals surface area contributed by atoms with Gasteiger partial charge in [-0.2, -0.15) is 4.98 Å². The van der Waals surface area contributed by atoms with Crippen molar-refractivity contribution in [1.82, 2.24) is 4.98 Å². The molecule has 0 radical (unpaired) electrons. The number of piperidine rings is 1. The maximum Gasteiger partial charge on any atom is 0.300 e. The predicted molar refractivity (Wildman–Crippen MR) is 98.2 cm³/mol. The largest absolute Gasteiger partial charge is 0.491 e. The highest BCUT2D eigenvalue weighted by Crippen LogP contribution is 2.45. The molecule has 1 aromatic carbocycles. The van der Waals surface area contributed by atoms with Crippen LogP contribution in [0.5, 0.6) is 5.88 Å². The van der Waals surface area contributed by atoms with E-state index in [1.165, 1.54) is 36.8 Å². The van der Waals surface area contributed by atoms with Gasteiger partial charge in [0.1, 0.15) is 0 Å². The molecule has 138 valence electrons. The highest BCUT2D eigenvalue weighted by Gasteiger charge is 2.43. The third-order valence-electron chi connectivity index (χ3n) is 6.47. The van der Waals surface area contributed by atoms with Crippen LogP contribution in [0, 0.1) is 5.92 Å². The molecule has 2 fully saturated rings. The molecule has 5 rings (SSSR count). The van der Waals surface area contributed by atoms with Crippen LogP contribution in [0.15, 0.2) is 28.7 Å². The summed E-state index contributed by atoms with van der Waals surface area (Å²) in [6, 6.07) is 9.12. The number of hydrogen-bond donors (Lipinski definition) is 1. The van der Waals surface area contributed by atoms with Crippen LogP contribution in [0.1, 0.15) is 55.4 Å². The number of benzene rings is 1. The summed E-state index contributed by atoms with van der Waals surface area (Å²) < 4.78 is 12.2. The fourth-order valence-electron chi connectivity index (χ4n) is 4.93. The molecule has 1 aromatic heterocycles. The minimum Gasteiger partial charge on any atom is -0.491 e. The lowest BCUT2D eigenvalue weighted by atomic mass is 9.84. The van der Waals surface area contributed by atoms with Gasteiger partial charge in [-0.3, -0.25) is 0 Å². The van der Waals surface area contributed by atoms with Gasteiger partial charge in [0.25, 0.3) is 5.88 Å². The lowest BCUT2D eigenvalue weighted by Gasteiger charge is -2.38. The van der Waals surface area contributed by atoms with Gasteiger partial charge in [-0.1, -0.05) is 49.9 Å². The average molecular weight is 354 g/mol. The monoisotopic (exact) mass is 354 g/mol. The molecule has 1 N–H and O–H groups in total. The summed E-state index contributed by atoms with van der Waals surface area (Å²) in [7, 11) is 0. The third-order valence-corrected chi connectivity index (χ3v) is 6.47. The Labute approximate surface area is 154 Å². The topological polar surface area (TPSA) is 58.7 Å². The fourth-order valence-corrected chi connectivity index (χ4v) is 4.93. The van der Waals surface area contributed by atoms with Crippen molar-refractivity contribution in [2.24, 2.45) is 5.92 Å². The van der Waals surface area contributed by atoms with Crippen molar-refractivity contribution in [2.45, 2.75) is 57.2 Å². The molecule has 0 bridgehead atoms. The Morgan fingerprint density at radius 2 is 1.92 bits per heavy atom. The van der Waals surface area contributed by atoms with Gasteiger partial charge in [-0.05, 0) is 29.9 Å². The molecule has 1 aliphatic carbocycles. The molecular weight excluding hydrogens is 328 g/mol. The first-order valence-electron chi connectivity index (χ1n) is 9.89. The van der Waals surface area contributed by atoms with Crippen LogP contribution in [-0.2, 0) is 23.4 Å². The molecule has 26 heavy (non-hydrogen) atoms. The number of aromatic nitrogens is 1. The van der Waals surface area contributed by atoms with Gasteiger partial charge in [0.05, 0.1) is 12.2 Å². The minimum absolute atomic E-state index is 0.0784. The summed E-state index contributed by atoms with van der Waals surface area (Å²) in [5.41, 5.74) is 2.50. The van der Waals surface area contributed by atoms with Crippen molar-refractivity contribution >= 4 is 6.01 Å². The number of nitrogens with zero attached hydrogens (tertiary/aromatic N) is 2. The first kappa shape index (κ1) is 16.2. The van der Waals surface area contributed by atoms with Crippen molar-refractivity contribution in [3.05, 3.63) is 41.2 Å². The number of aromatic hydroxyl groups is 1. The van der Waals surface area contributed by atoms with E-state index in [0.717, 1.165) is 32.4 Å². The van der Waals surface area contributed by atoms with Crippen LogP contribution in [-0.4, -0.2) is 23.2 Å². The fraction of sp³-hybridized carbons (Fsp3) is 0.571. The molecule has 2 aliphatic heterocycles. The number of rotatable bonds is 3. The smallest absolute Gasteiger partial charge is 0.300 e. The molecule has 5 heteroatoms. The molecule has 2 aromatic rings. The lowest BCUT2D eigenvalue weighted by Crippen LogP contribution is -2.42. The van der Waals surface area contributed by atoms with Gasteiger partial charge in [-0.25, -0.2) is 0 Å². The van der Waals surface area contributed by atoms with E-state index in [-0.39, 0.29) is 11.5 Å². The average Bonchev–Trinajstić information content (AvgIpc) is 3.38. The molecule has 3 heterocycles. The second kappa shape index (κ2) is 6.31. The number of fused-ring (bicyclic) bond motifs is 2. The van der Waals surface area contributed by atoms with Gasteiger partial charge in [0.2, 0.25) is 0 Å². The number of oxazole rings is 1. The first-order valence-corrected chi connectivity index (χ1v) is 9.89. The van der Waals surface area contributed by atoms with Crippen molar-refractivity contribution < 1.29 is 14.3 Å². The summed E-state index contributed by atoms with van der Waals surface area (Å²) in [5.74, 6) is 1.37. The van der Waals surface area contributed by atoms with Crippen LogP contribution in [0.4, 0.5) is 6.01 Å². The second-order valence-corrected chi connectivity index (χ2v) is 8.02. The Kier molecular flexibility index (Phi) is 3.92. The highest BCUT2D eigenvalue weighted by atomic mass is 16.5. The summed E-state index contributed by atoms with van der Waals surface area (Å²) in [6.45, 7) is 2.37. The van der Waals surface area contributed by atoms with E-state index in [9.17, 15) is 5.11 Å². The zero-order valence-corrected chi connectivity index (χ0v) is 15.1. The minimum atomic E-state index is -0.158. The van der Waals surface area contributed by atoms with E-state index < -0.39 is 0 Å². The van der Waals surface area contributed by atoms with Crippen LogP contribution >= 0.6 is 0 Å². The molecule has 1 saturated carbocycles. The number of ether oxygens (including phenoxy) is 1. The van der Waals surface area contributed by atoms with E-state index in [1.54, 1.807) is 0 Å². The summed E-state index contributed by atoms with van der Waals surface area (Å²) in [4.78, 5) is 6.46. The van der Waals surface area contributed by atoms with Crippen molar-refractivity contribution in [2.75, 3.05) is 18.0 Å². The maximum atomic E-state index is 10.2. The second-order valence-electron chi connectivity index (χ2n) is 8.02. The van der Waals surface area contributed by atoms with E-state index in [1.807, 2.05) is 0 Å². The molecule has 1 spiro atoms. The maximum absolute atomic E-state index is 10.2. The molecule has 0 unspecified atom stereocenters. The molecule has 1 saturated heterocycles. The molecule has 0 amide bonds. The van der Waals surface area contributed by atoms with Gasteiger partial charge in [0.15, 0.2) is 5.76 Å². The number of anilines is 1. The predicted octanol–water partition coefficient (Wildman–Crippen LogP) is 4.14. The standard InChI is InChI=1S/C21H26N2O3/c24-19-18(13-15-5-1-2-6-15)26-20(22-19)23-11-9-21(10-12-23)17-8-4-3-7-16(17)14-25-21/h3-4,7-8,15,24H,1-2,5-6,9-14H2. The normalized spacial score (nSPS) is 22.2. The van der Waals surface area contributed by atoms with E-state index >= 15 is 0 Å². The zero-order chi connectivity index (χ0) is 17.6. The third kappa shape index (κ3) is 2.69. The SMILES string of the molecule is Oc1nc(N2CCC3(CC2)OCc2ccccc23)oc1CC1CCCC1. The highest BCUT2D eigenvalue weighted by molar-refractivity contribution is 5.39. The van der Waals surface area contributed by atoms with Crippen molar-refractivity contribution in [3.8, 4) is 5.88 Å². The van der Waals surface area contributed by atoms with Crippen molar-refractivity contribution in [3.63, 3.8) is 0 Å². The summed E-state index contributed by atoms with van der Waals surface area (Å²) >= 11 is 0. The molecule has 0 atom stereocenters. The van der Waals surface area contributed by atoms with E-state index in [0.29, 0.717) is 24.3 Å². The lowest BCUT2D eigenvalue weighted by molar-refractivity contribution is -0.0555. The Bertz CT molecular complexity index is 786. The van der Waals surface area contributed by atoms with Crippen LogP contribution in [0.2, 0.25) is 0 Å². The van der Waals surface area contributed by atoms with Gasteiger partial charge < -0.3 is 19.2 Å². The zero-order valence-electron chi connectivity index (χ0n) is 15.1. The number of hydrogen-bond acceptors (Lipinski definition) is 5. The summed E-state index contributed by atoms with van der Waals surface area (Å²) in [5, 5.41) is 10.2. The van der Waals surface area contributed by atoms with Crippen LogP contribution in [0.25, 0.3) is 0 Å². The molecule has 5 nitrogen and oxygen atoms in total. The molecule has 3 aliphatic rings. The van der Waals surface area contributed by atoms with Gasteiger partial charge in [0, 0.05) is 19.5 Å². The van der Waals surface area contributed by atoms with E-state index in [4.69, 9.17) is 9.15 Å². The van der Waals surface area contributed by atoms with Crippen LogP contribution in [0.3, 0.4) is 0 Å². The van der Waals surface area contributed by atoms with E-state index in [2.05, 4.69) is 34.1 Å². The van der Waals surface area contributed by atoms with Crippen LogP contribution < -0.4 is 4.90 Å². The Morgan fingerprint density at radius 3 is 2.73 bits per heavy atom. The Morgan fingerprint density at radius 1 is 1.15 bits per heavy atom. The van der Waals surface area contributed by atoms with Gasteiger partial charge >= 0.3 is 6.01 Å². The first-order chi connectivity index (χ1) is 12.7. The van der Waals surface area contributed by atoms with Crippen molar-refractivity contribution in [1.29, 1.82) is 0 Å². The summed E-state index contributed by atoms with van der Waals surface area (Å²) in [6.07, 6.45) is 7.71. The molecular formula is C21H26N2O3. The quantitative estimate of drug-likeness (QED) is 0.898.